The van der Waals surface area contributed by atoms with Crippen molar-refractivity contribution in [1.82, 2.24) is 10.3 Å². The molecule has 2 amide bonds. The van der Waals surface area contributed by atoms with Crippen LogP contribution in [-0.4, -0.2) is 23.9 Å². The number of anilines is 1. The zero-order valence-corrected chi connectivity index (χ0v) is 14.1. The Labute approximate surface area is 146 Å². The van der Waals surface area contributed by atoms with E-state index in [2.05, 4.69) is 21.7 Å². The highest BCUT2D eigenvalue weighted by Gasteiger charge is 2.23. The van der Waals surface area contributed by atoms with E-state index in [0.717, 1.165) is 31.2 Å². The minimum atomic E-state index is -0.700. The molecule has 2 aromatic rings. The fraction of sp³-hybridized carbons (Fsp3) is 0.316. The Bertz CT molecular complexity index is 759. The number of carbonyl (C=O) groups excluding carboxylic acids is 2. The Morgan fingerprint density at radius 2 is 1.96 bits per heavy atom. The summed E-state index contributed by atoms with van der Waals surface area (Å²) >= 11 is 0. The Balaban J connectivity index is 1.65. The number of hydrogen-bond donors (Lipinski definition) is 2. The Hall–Kier alpha value is -2.89. The van der Waals surface area contributed by atoms with Gasteiger partial charge in [0.05, 0.1) is 25.0 Å². The van der Waals surface area contributed by atoms with E-state index in [1.165, 1.54) is 18.9 Å². The van der Waals surface area contributed by atoms with Gasteiger partial charge in [0.2, 0.25) is 5.88 Å². The summed E-state index contributed by atoms with van der Waals surface area (Å²) in [4.78, 5) is 28.4. The van der Waals surface area contributed by atoms with Crippen LogP contribution in [0.25, 0.3) is 0 Å². The predicted molar refractivity (Wildman–Crippen MR) is 94.3 cm³/mol. The molecule has 1 aliphatic rings. The number of fused-ring (bicyclic) bond motifs is 1. The first-order valence-electron chi connectivity index (χ1n) is 8.37. The number of nitrogens with zero attached hydrogens (tertiary/aromatic N) is 1. The van der Waals surface area contributed by atoms with E-state index >= 15 is 0 Å². The lowest BCUT2D eigenvalue weighted by Crippen LogP contribution is -2.37. The highest BCUT2D eigenvalue weighted by molar-refractivity contribution is 6.39. The number of nitrogens with one attached hydrogen (secondary N) is 2. The van der Waals surface area contributed by atoms with Crippen LogP contribution < -0.4 is 15.4 Å². The van der Waals surface area contributed by atoms with E-state index in [4.69, 9.17) is 4.74 Å². The maximum Gasteiger partial charge on any atom is 0.313 e. The van der Waals surface area contributed by atoms with Gasteiger partial charge in [0, 0.05) is 6.07 Å². The zero-order chi connectivity index (χ0) is 17.6. The van der Waals surface area contributed by atoms with E-state index in [9.17, 15) is 9.59 Å². The number of methoxy groups -OCH3 is 1. The van der Waals surface area contributed by atoms with Crippen molar-refractivity contribution >= 4 is 17.5 Å². The molecule has 1 aliphatic carbocycles. The molecule has 1 aromatic heterocycles. The smallest absolute Gasteiger partial charge is 0.313 e. The van der Waals surface area contributed by atoms with Crippen LogP contribution >= 0.6 is 0 Å². The van der Waals surface area contributed by atoms with Crippen molar-refractivity contribution < 1.29 is 14.3 Å². The lowest BCUT2D eigenvalue weighted by Gasteiger charge is -2.19. The van der Waals surface area contributed by atoms with Crippen LogP contribution in [0, 0.1) is 0 Å². The number of ether oxygens (including phenoxy) is 1. The van der Waals surface area contributed by atoms with Gasteiger partial charge < -0.3 is 15.4 Å². The van der Waals surface area contributed by atoms with Crippen molar-refractivity contribution in [1.29, 1.82) is 0 Å². The first-order valence-corrected chi connectivity index (χ1v) is 8.37. The normalized spacial score (nSPS) is 16.3. The molecule has 0 spiro atoms. The molecule has 0 bridgehead atoms. The lowest BCUT2D eigenvalue weighted by molar-refractivity contribution is -0.136. The summed E-state index contributed by atoms with van der Waals surface area (Å²) in [6.07, 6.45) is 5.40. The summed E-state index contributed by atoms with van der Waals surface area (Å²) in [7, 11) is 1.51. The number of benzene rings is 1. The van der Waals surface area contributed by atoms with Crippen molar-refractivity contribution in [3.63, 3.8) is 0 Å². The number of amides is 2. The van der Waals surface area contributed by atoms with Gasteiger partial charge >= 0.3 is 11.8 Å². The largest absolute Gasteiger partial charge is 0.481 e. The molecule has 1 aromatic carbocycles. The van der Waals surface area contributed by atoms with E-state index in [1.807, 2.05) is 18.2 Å². The summed E-state index contributed by atoms with van der Waals surface area (Å²) in [6, 6.07) is 11.2. The molecule has 130 valence electrons. The number of hydrogen-bond acceptors (Lipinski definition) is 4. The second kappa shape index (κ2) is 7.79. The van der Waals surface area contributed by atoms with Gasteiger partial charge in [-0.1, -0.05) is 30.7 Å². The summed E-state index contributed by atoms with van der Waals surface area (Å²) in [6.45, 7) is 0. The molecule has 3 rings (SSSR count). The molecule has 1 heterocycles. The molecule has 2 N–H and O–H groups in total. The Morgan fingerprint density at radius 1 is 1.12 bits per heavy atom. The van der Waals surface area contributed by atoms with Gasteiger partial charge in [-0.2, -0.15) is 0 Å². The second-order valence-corrected chi connectivity index (χ2v) is 6.01. The van der Waals surface area contributed by atoms with Crippen LogP contribution in [0.5, 0.6) is 5.88 Å². The fourth-order valence-electron chi connectivity index (χ4n) is 3.06. The number of rotatable bonds is 3. The van der Waals surface area contributed by atoms with Crippen molar-refractivity contribution in [3.05, 3.63) is 53.7 Å². The van der Waals surface area contributed by atoms with Gasteiger partial charge in [0.1, 0.15) is 0 Å². The highest BCUT2D eigenvalue weighted by atomic mass is 16.5. The molecule has 0 unspecified atom stereocenters. The van der Waals surface area contributed by atoms with Crippen molar-refractivity contribution in [2.24, 2.45) is 0 Å². The van der Waals surface area contributed by atoms with Gasteiger partial charge in [-0.25, -0.2) is 4.98 Å². The maximum absolute atomic E-state index is 12.3. The molecule has 0 saturated carbocycles. The highest BCUT2D eigenvalue weighted by Crippen LogP contribution is 2.28. The van der Waals surface area contributed by atoms with Crippen LogP contribution in [-0.2, 0) is 16.0 Å². The molecular formula is C19H21N3O3. The zero-order valence-electron chi connectivity index (χ0n) is 14.1. The SMILES string of the molecule is COc1ccc(NC(=O)C(=O)N[C@H]2CCCCc3ccccc32)cn1. The molecule has 6 heteroatoms. The number of aryl methyl sites for hydroxylation is 1. The van der Waals surface area contributed by atoms with Crippen LogP contribution in [0.15, 0.2) is 42.6 Å². The second-order valence-electron chi connectivity index (χ2n) is 6.01. The van der Waals surface area contributed by atoms with E-state index in [-0.39, 0.29) is 6.04 Å². The van der Waals surface area contributed by atoms with E-state index in [0.29, 0.717) is 11.6 Å². The van der Waals surface area contributed by atoms with Crippen LogP contribution in [0.3, 0.4) is 0 Å². The third-order valence-electron chi connectivity index (χ3n) is 4.33. The average Bonchev–Trinajstić information content (AvgIpc) is 2.85. The first-order chi connectivity index (χ1) is 12.2. The van der Waals surface area contributed by atoms with Crippen molar-refractivity contribution in [3.8, 4) is 5.88 Å². The third kappa shape index (κ3) is 4.15. The topological polar surface area (TPSA) is 80.3 Å². The molecule has 0 radical (unpaired) electrons. The van der Waals surface area contributed by atoms with E-state index < -0.39 is 11.8 Å². The molecule has 0 saturated heterocycles. The summed E-state index contributed by atoms with van der Waals surface area (Å²) < 4.78 is 4.96. The van der Waals surface area contributed by atoms with Crippen LogP contribution in [0.4, 0.5) is 5.69 Å². The maximum atomic E-state index is 12.3. The summed E-state index contributed by atoms with van der Waals surface area (Å²) in [5.74, 6) is -0.899. The third-order valence-corrected chi connectivity index (χ3v) is 4.33. The standard InChI is InChI=1S/C19H21N3O3/c1-25-17-11-10-14(12-20-17)21-18(23)19(24)22-16-9-5-3-7-13-6-2-4-8-15(13)16/h2,4,6,8,10-12,16H,3,5,7,9H2,1H3,(H,21,23)(H,22,24)/t16-/m0/s1. The number of pyridine rings is 1. The van der Waals surface area contributed by atoms with Gasteiger partial charge in [-0.3, -0.25) is 9.59 Å². The Kier molecular flexibility index (Phi) is 5.28. The quantitative estimate of drug-likeness (QED) is 0.665. The lowest BCUT2D eigenvalue weighted by atomic mass is 9.99. The molecular weight excluding hydrogens is 318 g/mol. The van der Waals surface area contributed by atoms with Gasteiger partial charge in [-0.15, -0.1) is 0 Å². The average molecular weight is 339 g/mol. The summed E-state index contributed by atoms with van der Waals surface area (Å²) in [5.41, 5.74) is 2.79. The van der Waals surface area contributed by atoms with Crippen molar-refractivity contribution in [2.75, 3.05) is 12.4 Å². The number of aromatic nitrogens is 1. The molecule has 0 fully saturated rings. The number of carbonyl (C=O) groups is 2. The fourth-order valence-corrected chi connectivity index (χ4v) is 3.06. The molecule has 1 atom stereocenters. The van der Waals surface area contributed by atoms with Gasteiger partial charge in [0.25, 0.3) is 0 Å². The van der Waals surface area contributed by atoms with Crippen LogP contribution in [0.1, 0.15) is 36.4 Å². The molecule has 25 heavy (non-hydrogen) atoms. The monoisotopic (exact) mass is 339 g/mol. The summed E-state index contributed by atoms with van der Waals surface area (Å²) in [5, 5.41) is 5.41. The van der Waals surface area contributed by atoms with Crippen LogP contribution in [0.2, 0.25) is 0 Å². The van der Waals surface area contributed by atoms with Gasteiger partial charge in [-0.05, 0) is 36.5 Å². The minimum absolute atomic E-state index is 0.133. The Morgan fingerprint density at radius 3 is 2.72 bits per heavy atom. The van der Waals surface area contributed by atoms with E-state index in [1.54, 1.807) is 12.1 Å². The molecule has 6 nitrogen and oxygen atoms in total. The first kappa shape index (κ1) is 17.0. The molecule has 0 aliphatic heterocycles. The minimum Gasteiger partial charge on any atom is -0.481 e. The van der Waals surface area contributed by atoms with Crippen molar-refractivity contribution in [2.45, 2.75) is 31.7 Å². The predicted octanol–water partition coefficient (Wildman–Crippen LogP) is 2.61. The van der Waals surface area contributed by atoms with Gasteiger partial charge in [0.15, 0.2) is 0 Å².